The first-order valence-corrected chi connectivity index (χ1v) is 11.7. The van der Waals surface area contributed by atoms with Crippen LogP contribution < -0.4 is 10.1 Å². The van der Waals surface area contributed by atoms with Crippen molar-refractivity contribution >= 4 is 35.0 Å². The number of benzene rings is 2. The molecule has 32 heavy (non-hydrogen) atoms. The van der Waals surface area contributed by atoms with Crippen molar-refractivity contribution in [3.63, 3.8) is 0 Å². The molecule has 0 saturated heterocycles. The molecule has 0 fully saturated rings. The summed E-state index contributed by atoms with van der Waals surface area (Å²) in [6.07, 6.45) is 2.35. The summed E-state index contributed by atoms with van der Waals surface area (Å²) in [5.74, 6) is 0.226. The molecule has 0 heterocycles. The van der Waals surface area contributed by atoms with Crippen molar-refractivity contribution < 1.29 is 14.3 Å². The number of hydrogen-bond donors (Lipinski definition) is 1. The van der Waals surface area contributed by atoms with E-state index in [2.05, 4.69) is 12.2 Å². The van der Waals surface area contributed by atoms with Gasteiger partial charge in [-0.15, -0.1) is 0 Å². The summed E-state index contributed by atoms with van der Waals surface area (Å²) in [4.78, 5) is 27.7. The van der Waals surface area contributed by atoms with Gasteiger partial charge < -0.3 is 15.0 Å². The predicted molar refractivity (Wildman–Crippen MR) is 130 cm³/mol. The normalized spacial score (nSPS) is 11.7. The molecule has 0 saturated carbocycles. The van der Waals surface area contributed by atoms with Crippen LogP contribution in [0.15, 0.2) is 36.4 Å². The number of aryl methyl sites for hydroxylation is 2. The minimum atomic E-state index is -0.615. The number of ether oxygens (including phenoxy) is 1. The Balaban J connectivity index is 2.24. The van der Waals surface area contributed by atoms with Crippen LogP contribution in [0.2, 0.25) is 10.0 Å². The van der Waals surface area contributed by atoms with Gasteiger partial charge in [0.05, 0.1) is 10.0 Å². The minimum absolute atomic E-state index is 0.162. The Morgan fingerprint density at radius 2 is 1.81 bits per heavy atom. The lowest BCUT2D eigenvalue weighted by Gasteiger charge is -2.30. The molecule has 0 bridgehead atoms. The van der Waals surface area contributed by atoms with Gasteiger partial charge in [0, 0.05) is 13.1 Å². The first-order valence-electron chi connectivity index (χ1n) is 11.0. The number of hydrogen-bond acceptors (Lipinski definition) is 3. The number of nitrogens with one attached hydrogen (secondary N) is 1. The van der Waals surface area contributed by atoms with E-state index < -0.39 is 6.04 Å². The van der Waals surface area contributed by atoms with Gasteiger partial charge >= 0.3 is 0 Å². The quantitative estimate of drug-likeness (QED) is 0.420. The number of nitrogens with zero attached hydrogens (tertiary/aromatic N) is 1. The Labute approximate surface area is 201 Å². The maximum Gasteiger partial charge on any atom is 0.261 e. The summed E-state index contributed by atoms with van der Waals surface area (Å²) >= 11 is 12.2. The SMILES string of the molecule is CCCCNC(=O)C(CC)N(Cc1ccc(Cl)c(Cl)c1)C(=O)COc1cc(C)ccc1C. The number of carbonyl (C=O) groups is 2. The van der Waals surface area contributed by atoms with Crippen LogP contribution in [0.25, 0.3) is 0 Å². The fraction of sp³-hybridized carbons (Fsp3) is 0.440. The summed E-state index contributed by atoms with van der Waals surface area (Å²) in [6, 6.07) is 10.5. The van der Waals surface area contributed by atoms with Crippen molar-refractivity contribution in [1.29, 1.82) is 0 Å². The van der Waals surface area contributed by atoms with Gasteiger partial charge in [-0.05, 0) is 61.6 Å². The summed E-state index contributed by atoms with van der Waals surface area (Å²) < 4.78 is 5.84. The molecule has 2 aromatic rings. The molecule has 0 aliphatic heterocycles. The molecule has 2 rings (SSSR count). The largest absolute Gasteiger partial charge is 0.483 e. The Hall–Kier alpha value is -2.24. The molecule has 2 aromatic carbocycles. The highest BCUT2D eigenvalue weighted by molar-refractivity contribution is 6.42. The zero-order chi connectivity index (χ0) is 23.7. The van der Waals surface area contributed by atoms with E-state index in [4.69, 9.17) is 27.9 Å². The van der Waals surface area contributed by atoms with Crippen LogP contribution in [0.5, 0.6) is 5.75 Å². The highest BCUT2D eigenvalue weighted by Gasteiger charge is 2.29. The van der Waals surface area contributed by atoms with E-state index in [-0.39, 0.29) is 25.0 Å². The van der Waals surface area contributed by atoms with Crippen LogP contribution in [0.4, 0.5) is 0 Å². The number of carbonyl (C=O) groups excluding carboxylic acids is 2. The third-order valence-corrected chi connectivity index (χ3v) is 5.99. The van der Waals surface area contributed by atoms with Crippen LogP contribution in [0.3, 0.4) is 0 Å². The summed E-state index contributed by atoms with van der Waals surface area (Å²) in [6.45, 7) is 8.51. The molecule has 2 amide bonds. The molecule has 1 unspecified atom stereocenters. The van der Waals surface area contributed by atoms with Gasteiger partial charge in [0.1, 0.15) is 11.8 Å². The van der Waals surface area contributed by atoms with Gasteiger partial charge in [0.15, 0.2) is 6.61 Å². The van der Waals surface area contributed by atoms with Crippen molar-refractivity contribution in [3.05, 3.63) is 63.1 Å². The van der Waals surface area contributed by atoms with E-state index in [0.29, 0.717) is 28.8 Å². The number of halogens is 2. The van der Waals surface area contributed by atoms with Crippen molar-refractivity contribution in [2.24, 2.45) is 0 Å². The van der Waals surface area contributed by atoms with Crippen molar-refractivity contribution in [2.45, 2.75) is 59.5 Å². The molecule has 0 spiro atoms. The molecule has 0 aliphatic rings. The summed E-state index contributed by atoms with van der Waals surface area (Å²) in [5, 5.41) is 3.79. The standard InChI is InChI=1S/C25H32Cl2N2O3/c1-5-7-12-28-25(31)22(6-2)29(15-19-10-11-20(26)21(27)14-19)24(30)16-32-23-13-17(3)8-9-18(23)4/h8-11,13-14,22H,5-7,12,15-16H2,1-4H3,(H,28,31). The molecule has 0 aromatic heterocycles. The lowest BCUT2D eigenvalue weighted by atomic mass is 10.1. The number of unbranched alkanes of at least 4 members (excludes halogenated alkanes) is 1. The second-order valence-electron chi connectivity index (χ2n) is 7.90. The smallest absolute Gasteiger partial charge is 0.261 e. The zero-order valence-corrected chi connectivity index (χ0v) is 20.7. The molecule has 174 valence electrons. The summed E-state index contributed by atoms with van der Waals surface area (Å²) in [5.41, 5.74) is 2.79. The van der Waals surface area contributed by atoms with Gasteiger partial charge in [-0.25, -0.2) is 0 Å². The van der Waals surface area contributed by atoms with Gasteiger partial charge in [0.25, 0.3) is 5.91 Å². The van der Waals surface area contributed by atoms with E-state index in [1.807, 2.05) is 45.0 Å². The Bertz CT molecular complexity index is 933. The molecule has 0 aliphatic carbocycles. The average Bonchev–Trinajstić information content (AvgIpc) is 2.76. The first kappa shape index (κ1) is 26.0. The fourth-order valence-corrected chi connectivity index (χ4v) is 3.67. The maximum absolute atomic E-state index is 13.3. The first-order chi connectivity index (χ1) is 15.3. The molecule has 1 N–H and O–H groups in total. The van der Waals surface area contributed by atoms with E-state index in [0.717, 1.165) is 29.5 Å². The minimum Gasteiger partial charge on any atom is -0.483 e. The monoisotopic (exact) mass is 478 g/mol. The lowest BCUT2D eigenvalue weighted by Crippen LogP contribution is -2.50. The Kier molecular flexibility index (Phi) is 10.3. The fourth-order valence-electron chi connectivity index (χ4n) is 3.35. The third kappa shape index (κ3) is 7.42. The van der Waals surface area contributed by atoms with Gasteiger partial charge in [-0.1, -0.05) is 61.7 Å². The Morgan fingerprint density at radius 3 is 2.47 bits per heavy atom. The topological polar surface area (TPSA) is 58.6 Å². The van der Waals surface area contributed by atoms with Gasteiger partial charge in [0.2, 0.25) is 5.91 Å². The molecule has 7 heteroatoms. The molecule has 5 nitrogen and oxygen atoms in total. The molecule has 1 atom stereocenters. The second-order valence-corrected chi connectivity index (χ2v) is 8.71. The van der Waals surface area contributed by atoms with Crippen LogP contribution >= 0.6 is 23.2 Å². The third-order valence-electron chi connectivity index (χ3n) is 5.25. The van der Waals surface area contributed by atoms with Crippen LogP contribution in [-0.2, 0) is 16.1 Å². The van der Waals surface area contributed by atoms with E-state index in [9.17, 15) is 9.59 Å². The number of amides is 2. The molecule has 0 radical (unpaired) electrons. The van der Waals surface area contributed by atoms with Crippen molar-refractivity contribution in [1.82, 2.24) is 10.2 Å². The second kappa shape index (κ2) is 12.7. The van der Waals surface area contributed by atoms with Crippen LogP contribution in [0.1, 0.15) is 49.8 Å². The van der Waals surface area contributed by atoms with Gasteiger partial charge in [-0.3, -0.25) is 9.59 Å². The van der Waals surface area contributed by atoms with E-state index >= 15 is 0 Å². The van der Waals surface area contributed by atoms with E-state index in [1.54, 1.807) is 17.0 Å². The zero-order valence-electron chi connectivity index (χ0n) is 19.2. The van der Waals surface area contributed by atoms with Crippen molar-refractivity contribution in [2.75, 3.05) is 13.2 Å². The van der Waals surface area contributed by atoms with Crippen LogP contribution in [0, 0.1) is 13.8 Å². The predicted octanol–water partition coefficient (Wildman–Crippen LogP) is 5.71. The Morgan fingerprint density at radius 1 is 1.06 bits per heavy atom. The molecular formula is C25H32Cl2N2O3. The van der Waals surface area contributed by atoms with E-state index in [1.165, 1.54) is 0 Å². The number of rotatable bonds is 11. The highest BCUT2D eigenvalue weighted by atomic mass is 35.5. The highest BCUT2D eigenvalue weighted by Crippen LogP contribution is 2.24. The summed E-state index contributed by atoms with van der Waals surface area (Å²) in [7, 11) is 0. The molecular weight excluding hydrogens is 447 g/mol. The average molecular weight is 479 g/mol. The lowest BCUT2D eigenvalue weighted by molar-refractivity contribution is -0.143. The maximum atomic E-state index is 13.3. The van der Waals surface area contributed by atoms with Crippen LogP contribution in [-0.4, -0.2) is 35.9 Å². The van der Waals surface area contributed by atoms with Gasteiger partial charge in [-0.2, -0.15) is 0 Å². The van der Waals surface area contributed by atoms with Crippen molar-refractivity contribution in [3.8, 4) is 5.75 Å².